The molecule has 0 spiro atoms. The van der Waals surface area contributed by atoms with E-state index in [1.165, 1.54) is 0 Å². The van der Waals surface area contributed by atoms with Gasteiger partial charge < -0.3 is 10.1 Å². The van der Waals surface area contributed by atoms with Crippen LogP contribution in [0.1, 0.15) is 63.0 Å². The van der Waals surface area contributed by atoms with Gasteiger partial charge in [0, 0.05) is 41.7 Å². The molecule has 3 unspecified atom stereocenters. The highest BCUT2D eigenvalue weighted by atomic mass is 16.5. The van der Waals surface area contributed by atoms with Crippen molar-refractivity contribution in [3.63, 3.8) is 0 Å². The van der Waals surface area contributed by atoms with Crippen molar-refractivity contribution in [3.8, 4) is 0 Å². The summed E-state index contributed by atoms with van der Waals surface area (Å²) in [7, 11) is 0. The van der Waals surface area contributed by atoms with Crippen LogP contribution in [0.25, 0.3) is 0 Å². The Morgan fingerprint density at radius 2 is 1.84 bits per heavy atom. The molecule has 2 aromatic rings. The van der Waals surface area contributed by atoms with E-state index in [0.29, 0.717) is 17.6 Å². The molecular formula is C26H28N2O3. The van der Waals surface area contributed by atoms with Crippen LogP contribution in [0.15, 0.2) is 77.4 Å². The number of nitrogens with zero attached hydrogens (tertiary/aromatic N) is 1. The molecule has 5 nitrogen and oxygen atoms in total. The molecule has 2 heterocycles. The molecule has 160 valence electrons. The molecule has 3 atom stereocenters. The maximum atomic E-state index is 13.5. The van der Waals surface area contributed by atoms with Gasteiger partial charge in [-0.2, -0.15) is 0 Å². The highest BCUT2D eigenvalue weighted by molar-refractivity contribution is 6.04. The molecule has 1 N–H and O–H groups in total. The normalized spacial score (nSPS) is 22.0. The number of aromatic nitrogens is 1. The van der Waals surface area contributed by atoms with Gasteiger partial charge in [-0.15, -0.1) is 0 Å². The lowest BCUT2D eigenvalue weighted by Crippen LogP contribution is -2.36. The standard InChI is InChI=1S/C26H28N2O3/c1-4-16(2)31-26(30)23-17(3)28-21-14-20(18-8-6-5-7-9-18)15-22(29)25(21)24(23)19-10-12-27-13-11-19/h5-13,16,20,24,28H,4,14-15H2,1-3H3. The largest absolute Gasteiger partial charge is 0.459 e. The molecule has 1 aromatic carbocycles. The Hall–Kier alpha value is -3.21. The van der Waals surface area contributed by atoms with E-state index in [4.69, 9.17) is 4.74 Å². The molecule has 1 aliphatic heterocycles. The van der Waals surface area contributed by atoms with Crippen molar-refractivity contribution in [2.45, 2.75) is 58.0 Å². The Kier molecular flexibility index (Phi) is 6.03. The van der Waals surface area contributed by atoms with Gasteiger partial charge in [-0.05, 0) is 55.9 Å². The number of carbonyl (C=O) groups excluding carboxylic acids is 2. The first kappa shape index (κ1) is 21.0. The third-order valence-corrected chi connectivity index (χ3v) is 6.24. The molecule has 0 bridgehead atoms. The van der Waals surface area contributed by atoms with Crippen LogP contribution in [0.2, 0.25) is 0 Å². The molecule has 0 amide bonds. The molecular weight excluding hydrogens is 388 g/mol. The summed E-state index contributed by atoms with van der Waals surface area (Å²) in [6.07, 6.45) is 5.11. The van der Waals surface area contributed by atoms with Crippen molar-refractivity contribution < 1.29 is 14.3 Å². The predicted octanol–water partition coefficient (Wildman–Crippen LogP) is 4.78. The third kappa shape index (κ3) is 4.18. The molecule has 5 heteroatoms. The maximum absolute atomic E-state index is 13.5. The second kappa shape index (κ2) is 8.88. The van der Waals surface area contributed by atoms with Crippen LogP contribution >= 0.6 is 0 Å². The number of benzene rings is 1. The number of rotatable bonds is 5. The average Bonchev–Trinajstić information content (AvgIpc) is 2.79. The zero-order valence-electron chi connectivity index (χ0n) is 18.2. The SMILES string of the molecule is CCC(C)OC(=O)C1=C(C)NC2=C(C(=O)CC(c3ccccc3)C2)C1c1ccncc1. The smallest absolute Gasteiger partial charge is 0.337 e. The Balaban J connectivity index is 1.76. The van der Waals surface area contributed by atoms with E-state index in [1.54, 1.807) is 12.4 Å². The molecule has 4 rings (SSSR count). The van der Waals surface area contributed by atoms with Gasteiger partial charge in [0.25, 0.3) is 0 Å². The molecule has 0 fully saturated rings. The van der Waals surface area contributed by atoms with E-state index in [0.717, 1.165) is 35.4 Å². The molecule has 1 aromatic heterocycles. The minimum atomic E-state index is -0.444. The lowest BCUT2D eigenvalue weighted by molar-refractivity contribution is -0.144. The summed E-state index contributed by atoms with van der Waals surface area (Å²) < 4.78 is 5.68. The third-order valence-electron chi connectivity index (χ3n) is 6.24. The van der Waals surface area contributed by atoms with Gasteiger partial charge in [0.05, 0.1) is 11.7 Å². The first-order valence-electron chi connectivity index (χ1n) is 10.9. The number of Topliss-reactive ketones (excluding diaryl/α,β-unsaturated/α-hetero) is 1. The fourth-order valence-electron chi connectivity index (χ4n) is 4.49. The topological polar surface area (TPSA) is 68.3 Å². The van der Waals surface area contributed by atoms with Gasteiger partial charge in [0.2, 0.25) is 0 Å². The van der Waals surface area contributed by atoms with Gasteiger partial charge >= 0.3 is 5.97 Å². The number of dihydropyridines is 1. The van der Waals surface area contributed by atoms with Gasteiger partial charge in [-0.3, -0.25) is 9.78 Å². The summed E-state index contributed by atoms with van der Waals surface area (Å²) in [6.45, 7) is 5.75. The zero-order valence-corrected chi connectivity index (χ0v) is 18.2. The van der Waals surface area contributed by atoms with Gasteiger partial charge in [0.1, 0.15) is 0 Å². The second-order valence-corrected chi connectivity index (χ2v) is 8.33. The lowest BCUT2D eigenvalue weighted by atomic mass is 9.72. The molecule has 0 saturated carbocycles. The fraction of sp³-hybridized carbons (Fsp3) is 0.346. The quantitative estimate of drug-likeness (QED) is 0.710. The Morgan fingerprint density at radius 1 is 1.13 bits per heavy atom. The van der Waals surface area contributed by atoms with Crippen LogP contribution in [0.4, 0.5) is 0 Å². The number of ketones is 1. The molecule has 31 heavy (non-hydrogen) atoms. The minimum absolute atomic E-state index is 0.0748. The minimum Gasteiger partial charge on any atom is -0.459 e. The van der Waals surface area contributed by atoms with E-state index in [9.17, 15) is 9.59 Å². The number of nitrogens with one attached hydrogen (secondary N) is 1. The number of esters is 1. The number of allylic oxidation sites excluding steroid dienone is 3. The second-order valence-electron chi connectivity index (χ2n) is 8.33. The van der Waals surface area contributed by atoms with E-state index in [1.807, 2.05) is 51.1 Å². The Morgan fingerprint density at radius 3 is 2.52 bits per heavy atom. The number of pyridine rings is 1. The van der Waals surface area contributed by atoms with E-state index in [2.05, 4.69) is 22.4 Å². The summed E-state index contributed by atoms with van der Waals surface area (Å²) in [4.78, 5) is 30.7. The average molecular weight is 417 g/mol. The number of hydrogen-bond acceptors (Lipinski definition) is 5. The molecule has 1 aliphatic carbocycles. The molecule has 2 aliphatic rings. The van der Waals surface area contributed by atoms with Crippen LogP contribution in [0.3, 0.4) is 0 Å². The van der Waals surface area contributed by atoms with Crippen LogP contribution in [0, 0.1) is 0 Å². The predicted molar refractivity (Wildman–Crippen MR) is 119 cm³/mol. The lowest BCUT2D eigenvalue weighted by Gasteiger charge is -2.37. The van der Waals surface area contributed by atoms with Crippen LogP contribution in [-0.2, 0) is 14.3 Å². The van der Waals surface area contributed by atoms with E-state index < -0.39 is 5.92 Å². The van der Waals surface area contributed by atoms with E-state index in [-0.39, 0.29) is 23.8 Å². The summed E-state index contributed by atoms with van der Waals surface area (Å²) in [5.74, 6) is -0.615. The van der Waals surface area contributed by atoms with Crippen molar-refractivity contribution in [3.05, 3.63) is 88.5 Å². The van der Waals surface area contributed by atoms with Crippen LogP contribution in [0.5, 0.6) is 0 Å². The van der Waals surface area contributed by atoms with Crippen molar-refractivity contribution in [1.82, 2.24) is 10.3 Å². The van der Waals surface area contributed by atoms with Crippen molar-refractivity contribution >= 4 is 11.8 Å². The summed E-state index contributed by atoms with van der Waals surface area (Å²) in [6, 6.07) is 13.9. The Bertz CT molecular complexity index is 1040. The number of ether oxygens (including phenoxy) is 1. The maximum Gasteiger partial charge on any atom is 0.337 e. The monoisotopic (exact) mass is 416 g/mol. The van der Waals surface area contributed by atoms with Crippen LogP contribution < -0.4 is 5.32 Å². The highest BCUT2D eigenvalue weighted by Gasteiger charge is 2.41. The van der Waals surface area contributed by atoms with Crippen LogP contribution in [-0.4, -0.2) is 22.8 Å². The first-order valence-corrected chi connectivity index (χ1v) is 10.9. The highest BCUT2D eigenvalue weighted by Crippen LogP contribution is 2.45. The fourth-order valence-corrected chi connectivity index (χ4v) is 4.49. The van der Waals surface area contributed by atoms with Gasteiger partial charge in [-0.1, -0.05) is 37.3 Å². The first-order chi connectivity index (χ1) is 15.0. The molecule has 0 radical (unpaired) electrons. The Labute approximate surface area is 183 Å². The number of carbonyl (C=O) groups is 2. The van der Waals surface area contributed by atoms with Gasteiger partial charge in [0.15, 0.2) is 5.78 Å². The van der Waals surface area contributed by atoms with Crippen molar-refractivity contribution in [2.75, 3.05) is 0 Å². The van der Waals surface area contributed by atoms with Crippen molar-refractivity contribution in [1.29, 1.82) is 0 Å². The van der Waals surface area contributed by atoms with E-state index >= 15 is 0 Å². The van der Waals surface area contributed by atoms with Gasteiger partial charge in [-0.25, -0.2) is 4.79 Å². The summed E-state index contributed by atoms with van der Waals surface area (Å²) >= 11 is 0. The summed E-state index contributed by atoms with van der Waals surface area (Å²) in [5, 5.41) is 3.39. The van der Waals surface area contributed by atoms with Crippen molar-refractivity contribution in [2.24, 2.45) is 0 Å². The zero-order chi connectivity index (χ0) is 22.0. The number of hydrogen-bond donors (Lipinski definition) is 1. The molecule has 0 saturated heterocycles. The summed E-state index contributed by atoms with van der Waals surface area (Å²) in [5.41, 5.74) is 4.89.